The highest BCUT2D eigenvalue weighted by atomic mass is 16.4. The van der Waals surface area contributed by atoms with Crippen molar-refractivity contribution in [2.24, 2.45) is 0 Å². The predicted molar refractivity (Wildman–Crippen MR) is 79.4 cm³/mol. The van der Waals surface area contributed by atoms with E-state index in [1.807, 2.05) is 0 Å². The Hall–Kier alpha value is -2.90. The summed E-state index contributed by atoms with van der Waals surface area (Å²) in [6, 6.07) is 5.30. The van der Waals surface area contributed by atoms with Crippen molar-refractivity contribution in [1.82, 2.24) is 10.6 Å². The van der Waals surface area contributed by atoms with Gasteiger partial charge in [0, 0.05) is 6.42 Å². The van der Waals surface area contributed by atoms with Crippen LogP contribution in [-0.2, 0) is 19.2 Å². The summed E-state index contributed by atoms with van der Waals surface area (Å²) in [4.78, 5) is 45.7. The largest absolute Gasteiger partial charge is 0.481 e. The molecule has 23 heavy (non-hydrogen) atoms. The molecule has 0 unspecified atom stereocenters. The first kappa shape index (κ1) is 18.1. The Morgan fingerprint density at radius 2 is 1.65 bits per heavy atom. The molecule has 0 spiro atoms. The Morgan fingerprint density at radius 1 is 1.04 bits per heavy atom. The van der Waals surface area contributed by atoms with Crippen molar-refractivity contribution in [3.05, 3.63) is 35.9 Å². The number of carbonyl (C=O) groups excluding carboxylic acids is 2. The number of aliphatic carboxylic acids is 2. The zero-order valence-electron chi connectivity index (χ0n) is 12.5. The summed E-state index contributed by atoms with van der Waals surface area (Å²) in [7, 11) is 0. The fourth-order valence-electron chi connectivity index (χ4n) is 1.86. The van der Waals surface area contributed by atoms with E-state index >= 15 is 0 Å². The predicted octanol–water partition coefficient (Wildman–Crippen LogP) is 0.298. The molecule has 0 saturated heterocycles. The highest BCUT2D eigenvalue weighted by Crippen LogP contribution is 2.13. The molecule has 0 heterocycles. The number of carbonyl (C=O) groups is 4. The summed E-state index contributed by atoms with van der Waals surface area (Å²) in [6.45, 7) is 1.55. The quantitative estimate of drug-likeness (QED) is 0.544. The van der Waals surface area contributed by atoms with Gasteiger partial charge >= 0.3 is 11.9 Å². The number of benzene rings is 1. The van der Waals surface area contributed by atoms with Gasteiger partial charge in [-0.2, -0.15) is 0 Å². The lowest BCUT2D eigenvalue weighted by Gasteiger charge is -2.20. The minimum Gasteiger partial charge on any atom is -0.481 e. The van der Waals surface area contributed by atoms with E-state index in [9.17, 15) is 24.3 Å². The third-order valence-electron chi connectivity index (χ3n) is 3.02. The van der Waals surface area contributed by atoms with E-state index in [-0.39, 0.29) is 6.42 Å². The standard InChI is InChI=1S/C15H18N2O6/c1-2-11(18)16-10(8-12(19)20)14(21)17-13(15(22)23)9-6-4-3-5-7-9/h3-7,10,13H,2,8H2,1H3,(H,16,18)(H,17,21)(H,19,20)(H,22,23)/t10-,13-/m0/s1. The SMILES string of the molecule is CCC(=O)N[C@@H](CC(=O)O)C(=O)N[C@H](C(=O)O)c1ccccc1. The maximum absolute atomic E-state index is 12.2. The molecule has 0 aliphatic heterocycles. The topological polar surface area (TPSA) is 133 Å². The van der Waals surface area contributed by atoms with Crippen LogP contribution in [0.1, 0.15) is 31.4 Å². The summed E-state index contributed by atoms with van der Waals surface area (Å²) in [5.41, 5.74) is 0.337. The Labute approximate surface area is 132 Å². The van der Waals surface area contributed by atoms with Crippen LogP contribution in [0.25, 0.3) is 0 Å². The molecule has 0 fully saturated rings. The summed E-state index contributed by atoms with van der Waals surface area (Å²) in [5.74, 6) is -3.95. The van der Waals surface area contributed by atoms with Crippen LogP contribution in [0.3, 0.4) is 0 Å². The van der Waals surface area contributed by atoms with Crippen LogP contribution in [0.5, 0.6) is 0 Å². The van der Waals surface area contributed by atoms with Gasteiger partial charge in [0.15, 0.2) is 6.04 Å². The number of rotatable bonds is 8. The number of amides is 2. The van der Waals surface area contributed by atoms with Gasteiger partial charge in [-0.25, -0.2) is 4.79 Å². The van der Waals surface area contributed by atoms with Gasteiger partial charge in [0.25, 0.3) is 0 Å². The molecule has 0 aromatic heterocycles. The maximum Gasteiger partial charge on any atom is 0.330 e. The monoisotopic (exact) mass is 322 g/mol. The lowest BCUT2D eigenvalue weighted by atomic mass is 10.1. The third-order valence-corrected chi connectivity index (χ3v) is 3.02. The Morgan fingerprint density at radius 3 is 2.13 bits per heavy atom. The van der Waals surface area contributed by atoms with Crippen LogP contribution in [0, 0.1) is 0 Å². The zero-order valence-corrected chi connectivity index (χ0v) is 12.5. The first-order chi connectivity index (χ1) is 10.8. The minimum absolute atomic E-state index is 0.0739. The first-order valence-electron chi connectivity index (χ1n) is 6.94. The molecule has 8 nitrogen and oxygen atoms in total. The van der Waals surface area contributed by atoms with Crippen molar-refractivity contribution in [2.75, 3.05) is 0 Å². The summed E-state index contributed by atoms with van der Waals surface area (Å²) in [5, 5.41) is 22.6. The number of carboxylic acids is 2. The molecule has 124 valence electrons. The van der Waals surface area contributed by atoms with Crippen LogP contribution in [0.2, 0.25) is 0 Å². The van der Waals surface area contributed by atoms with E-state index in [1.54, 1.807) is 25.1 Å². The first-order valence-corrected chi connectivity index (χ1v) is 6.94. The second kappa shape index (κ2) is 8.52. The molecule has 1 rings (SSSR count). The number of hydrogen-bond donors (Lipinski definition) is 4. The van der Waals surface area contributed by atoms with E-state index < -0.39 is 42.3 Å². The van der Waals surface area contributed by atoms with Crippen LogP contribution in [0.15, 0.2) is 30.3 Å². The van der Waals surface area contributed by atoms with Crippen molar-refractivity contribution in [2.45, 2.75) is 31.8 Å². The number of nitrogens with one attached hydrogen (secondary N) is 2. The smallest absolute Gasteiger partial charge is 0.330 e. The van der Waals surface area contributed by atoms with Crippen molar-refractivity contribution in [1.29, 1.82) is 0 Å². The molecule has 2 amide bonds. The summed E-state index contributed by atoms with van der Waals surface area (Å²) < 4.78 is 0. The van der Waals surface area contributed by atoms with Crippen molar-refractivity contribution >= 4 is 23.8 Å². The number of hydrogen-bond acceptors (Lipinski definition) is 4. The third kappa shape index (κ3) is 5.77. The Bertz CT molecular complexity index is 587. The molecule has 1 aromatic carbocycles. The second-order valence-corrected chi connectivity index (χ2v) is 4.76. The Balaban J connectivity index is 2.91. The maximum atomic E-state index is 12.2. The van der Waals surface area contributed by atoms with E-state index in [0.717, 1.165) is 0 Å². The molecule has 1 aromatic rings. The molecule has 8 heteroatoms. The average molecular weight is 322 g/mol. The highest BCUT2D eigenvalue weighted by molar-refractivity contribution is 5.93. The summed E-state index contributed by atoms with van der Waals surface area (Å²) >= 11 is 0. The van der Waals surface area contributed by atoms with Gasteiger partial charge in [-0.05, 0) is 5.56 Å². The normalized spacial score (nSPS) is 12.7. The lowest BCUT2D eigenvalue weighted by molar-refractivity contribution is -0.143. The molecule has 0 saturated carbocycles. The van der Waals surface area contributed by atoms with Crippen molar-refractivity contribution in [3.8, 4) is 0 Å². The Kier molecular flexibility index (Phi) is 6.72. The molecular weight excluding hydrogens is 304 g/mol. The van der Waals surface area contributed by atoms with Gasteiger partial charge < -0.3 is 20.8 Å². The van der Waals surface area contributed by atoms with Crippen molar-refractivity contribution < 1.29 is 29.4 Å². The molecule has 4 N–H and O–H groups in total. The van der Waals surface area contributed by atoms with Gasteiger partial charge in [-0.1, -0.05) is 37.3 Å². The zero-order chi connectivity index (χ0) is 17.4. The molecule has 0 bridgehead atoms. The van der Waals surface area contributed by atoms with E-state index in [1.165, 1.54) is 12.1 Å². The van der Waals surface area contributed by atoms with Gasteiger partial charge in [-0.15, -0.1) is 0 Å². The van der Waals surface area contributed by atoms with Crippen LogP contribution >= 0.6 is 0 Å². The van der Waals surface area contributed by atoms with Crippen LogP contribution in [-0.4, -0.2) is 40.0 Å². The lowest BCUT2D eigenvalue weighted by Crippen LogP contribution is -2.49. The van der Waals surface area contributed by atoms with Gasteiger partial charge in [0.2, 0.25) is 11.8 Å². The molecule has 2 atom stereocenters. The molecule has 0 radical (unpaired) electrons. The summed E-state index contributed by atoms with van der Waals surface area (Å²) in [6.07, 6.45) is -0.566. The highest BCUT2D eigenvalue weighted by Gasteiger charge is 2.28. The van der Waals surface area contributed by atoms with E-state index in [2.05, 4.69) is 10.6 Å². The molecular formula is C15H18N2O6. The molecule has 0 aliphatic rings. The van der Waals surface area contributed by atoms with E-state index in [4.69, 9.17) is 5.11 Å². The van der Waals surface area contributed by atoms with Gasteiger partial charge in [0.05, 0.1) is 6.42 Å². The fourth-order valence-corrected chi connectivity index (χ4v) is 1.86. The minimum atomic E-state index is -1.34. The van der Waals surface area contributed by atoms with Crippen molar-refractivity contribution in [3.63, 3.8) is 0 Å². The van der Waals surface area contributed by atoms with E-state index in [0.29, 0.717) is 5.56 Å². The fraction of sp³-hybridized carbons (Fsp3) is 0.333. The molecule has 0 aliphatic carbocycles. The van der Waals surface area contributed by atoms with Crippen LogP contribution < -0.4 is 10.6 Å². The van der Waals surface area contributed by atoms with Gasteiger partial charge in [-0.3, -0.25) is 14.4 Å². The number of carboxylic acid groups (broad SMARTS) is 2. The van der Waals surface area contributed by atoms with Crippen LogP contribution in [0.4, 0.5) is 0 Å². The average Bonchev–Trinajstić information content (AvgIpc) is 2.51. The second-order valence-electron chi connectivity index (χ2n) is 4.76. The van der Waals surface area contributed by atoms with Gasteiger partial charge in [0.1, 0.15) is 6.04 Å².